The number of hydrogen-bond acceptors (Lipinski definition) is 4. The summed E-state index contributed by atoms with van der Waals surface area (Å²) >= 11 is 10.9. The van der Waals surface area contributed by atoms with E-state index in [1.165, 1.54) is 7.11 Å². The molecular formula is C17H14ClF3O3S. The summed E-state index contributed by atoms with van der Waals surface area (Å²) in [5, 5.41) is -0.0106. The molecule has 2 aromatic rings. The van der Waals surface area contributed by atoms with Gasteiger partial charge in [0.25, 0.3) is 0 Å². The molecule has 1 atom stereocenters. The quantitative estimate of drug-likeness (QED) is 0.637. The van der Waals surface area contributed by atoms with Crippen LogP contribution in [0.3, 0.4) is 0 Å². The third-order valence-electron chi connectivity index (χ3n) is 3.14. The highest BCUT2D eigenvalue weighted by atomic mass is 35.5. The maximum atomic E-state index is 12.7. The SMILES string of the molecule is COC(=S)C(COc1ccc(C(F)(F)F)cc1Cl)Oc1ccccc1. The Labute approximate surface area is 153 Å². The van der Waals surface area contributed by atoms with Gasteiger partial charge in [0.2, 0.25) is 5.05 Å². The van der Waals surface area contributed by atoms with Crippen molar-refractivity contribution in [2.45, 2.75) is 12.3 Å². The van der Waals surface area contributed by atoms with Crippen LogP contribution in [0.25, 0.3) is 0 Å². The van der Waals surface area contributed by atoms with Crippen molar-refractivity contribution >= 4 is 28.9 Å². The van der Waals surface area contributed by atoms with E-state index in [0.717, 1.165) is 18.2 Å². The molecule has 0 aromatic heterocycles. The molecule has 0 amide bonds. The highest BCUT2D eigenvalue weighted by Gasteiger charge is 2.31. The van der Waals surface area contributed by atoms with E-state index in [9.17, 15) is 13.2 Å². The van der Waals surface area contributed by atoms with Crippen molar-refractivity contribution in [3.8, 4) is 11.5 Å². The summed E-state index contributed by atoms with van der Waals surface area (Å²) in [6.45, 7) is -0.0767. The van der Waals surface area contributed by atoms with Crippen LogP contribution in [-0.2, 0) is 10.9 Å². The van der Waals surface area contributed by atoms with Crippen molar-refractivity contribution < 1.29 is 27.4 Å². The van der Waals surface area contributed by atoms with Crippen molar-refractivity contribution in [3.05, 3.63) is 59.1 Å². The zero-order valence-electron chi connectivity index (χ0n) is 13.0. The van der Waals surface area contributed by atoms with Crippen molar-refractivity contribution in [2.24, 2.45) is 0 Å². The molecule has 0 bridgehead atoms. The second-order valence-corrected chi connectivity index (χ2v) is 5.71. The molecule has 0 N–H and O–H groups in total. The second-order valence-electron chi connectivity index (χ2n) is 4.90. The minimum absolute atomic E-state index is 0.0767. The average molecular weight is 391 g/mol. The van der Waals surface area contributed by atoms with Crippen LogP contribution in [-0.4, -0.2) is 24.9 Å². The summed E-state index contributed by atoms with van der Waals surface area (Å²) in [6, 6.07) is 11.7. The summed E-state index contributed by atoms with van der Waals surface area (Å²) in [4.78, 5) is 0. The molecule has 134 valence electrons. The first-order chi connectivity index (χ1) is 11.8. The molecular weight excluding hydrogens is 377 g/mol. The number of para-hydroxylation sites is 1. The van der Waals surface area contributed by atoms with Gasteiger partial charge in [0.1, 0.15) is 18.1 Å². The van der Waals surface area contributed by atoms with Crippen LogP contribution in [0, 0.1) is 0 Å². The van der Waals surface area contributed by atoms with E-state index in [0.29, 0.717) is 5.75 Å². The summed E-state index contributed by atoms with van der Waals surface area (Å²) in [5.74, 6) is 0.643. The lowest BCUT2D eigenvalue weighted by molar-refractivity contribution is -0.137. The molecule has 0 saturated heterocycles. The van der Waals surface area contributed by atoms with Crippen molar-refractivity contribution in [1.29, 1.82) is 0 Å². The van der Waals surface area contributed by atoms with Crippen LogP contribution in [0.15, 0.2) is 48.5 Å². The largest absolute Gasteiger partial charge is 0.488 e. The Morgan fingerprint density at radius 1 is 1.16 bits per heavy atom. The van der Waals surface area contributed by atoms with Gasteiger partial charge in [-0.2, -0.15) is 13.2 Å². The van der Waals surface area contributed by atoms with E-state index >= 15 is 0 Å². The highest BCUT2D eigenvalue weighted by molar-refractivity contribution is 7.80. The first kappa shape index (κ1) is 19.3. The lowest BCUT2D eigenvalue weighted by Crippen LogP contribution is -2.33. The van der Waals surface area contributed by atoms with Crippen molar-refractivity contribution in [2.75, 3.05) is 13.7 Å². The Morgan fingerprint density at radius 3 is 2.40 bits per heavy atom. The molecule has 25 heavy (non-hydrogen) atoms. The van der Waals surface area contributed by atoms with Gasteiger partial charge in [-0.25, -0.2) is 0 Å². The molecule has 0 fully saturated rings. The van der Waals surface area contributed by atoms with Gasteiger partial charge >= 0.3 is 6.18 Å². The highest BCUT2D eigenvalue weighted by Crippen LogP contribution is 2.34. The van der Waals surface area contributed by atoms with Crippen LogP contribution in [0.1, 0.15) is 5.56 Å². The van der Waals surface area contributed by atoms with E-state index in [2.05, 4.69) is 0 Å². The molecule has 8 heteroatoms. The lowest BCUT2D eigenvalue weighted by Gasteiger charge is -2.20. The van der Waals surface area contributed by atoms with Gasteiger partial charge in [0.05, 0.1) is 17.7 Å². The Hall–Kier alpha value is -1.99. The maximum absolute atomic E-state index is 12.7. The van der Waals surface area contributed by atoms with Gasteiger partial charge in [0, 0.05) is 0 Å². The van der Waals surface area contributed by atoms with Crippen LogP contribution < -0.4 is 9.47 Å². The molecule has 0 aliphatic heterocycles. The Kier molecular flexibility index (Phi) is 6.50. The van der Waals surface area contributed by atoms with Gasteiger partial charge < -0.3 is 14.2 Å². The van der Waals surface area contributed by atoms with Crippen molar-refractivity contribution in [3.63, 3.8) is 0 Å². The molecule has 1 unspecified atom stereocenters. The van der Waals surface area contributed by atoms with Crippen LogP contribution in [0.2, 0.25) is 5.02 Å². The summed E-state index contributed by atoms with van der Waals surface area (Å²) in [5.41, 5.74) is -0.852. The monoisotopic (exact) mass is 390 g/mol. The summed E-state index contributed by atoms with van der Waals surface area (Å²) in [6.07, 6.45) is -5.21. The van der Waals surface area contributed by atoms with Crippen LogP contribution >= 0.6 is 23.8 Å². The lowest BCUT2D eigenvalue weighted by atomic mass is 10.2. The van der Waals surface area contributed by atoms with Crippen molar-refractivity contribution in [1.82, 2.24) is 0 Å². The molecule has 0 aliphatic rings. The zero-order valence-corrected chi connectivity index (χ0v) is 14.6. The van der Waals surface area contributed by atoms with Gasteiger partial charge in [0.15, 0.2) is 6.10 Å². The Balaban J connectivity index is 2.09. The number of alkyl halides is 3. The van der Waals surface area contributed by atoms with E-state index < -0.39 is 17.8 Å². The van der Waals surface area contributed by atoms with E-state index in [4.69, 9.17) is 38.0 Å². The molecule has 0 spiro atoms. The molecule has 0 saturated carbocycles. The van der Waals surface area contributed by atoms with Crippen LogP contribution in [0.5, 0.6) is 11.5 Å². The molecule has 2 aromatic carbocycles. The van der Waals surface area contributed by atoms with E-state index in [1.807, 2.05) is 6.07 Å². The number of benzene rings is 2. The normalized spacial score (nSPS) is 12.4. The molecule has 3 nitrogen and oxygen atoms in total. The third kappa shape index (κ3) is 5.51. The van der Waals surface area contributed by atoms with Crippen LogP contribution in [0.4, 0.5) is 13.2 Å². The smallest absolute Gasteiger partial charge is 0.416 e. The number of ether oxygens (including phenoxy) is 3. The fourth-order valence-corrected chi connectivity index (χ4v) is 2.26. The maximum Gasteiger partial charge on any atom is 0.416 e. The van der Waals surface area contributed by atoms with Gasteiger partial charge in [-0.3, -0.25) is 0 Å². The Morgan fingerprint density at radius 2 is 1.84 bits per heavy atom. The molecule has 2 rings (SSSR count). The molecule has 0 aliphatic carbocycles. The summed E-state index contributed by atoms with van der Waals surface area (Å²) < 4.78 is 54.1. The Bertz CT molecular complexity index is 723. The standard InChI is InChI=1S/C17H14ClF3O3S/c1-22-16(25)15(24-12-5-3-2-4-6-12)10-23-14-8-7-11(9-13(14)18)17(19,20)21/h2-9,15H,10H2,1H3. The minimum atomic E-state index is -4.47. The first-order valence-corrected chi connectivity index (χ1v) is 7.89. The van der Waals surface area contributed by atoms with E-state index in [-0.39, 0.29) is 22.4 Å². The second kappa shape index (κ2) is 8.40. The van der Waals surface area contributed by atoms with E-state index in [1.54, 1.807) is 24.3 Å². The van der Waals surface area contributed by atoms with Gasteiger partial charge in [-0.05, 0) is 42.5 Å². The van der Waals surface area contributed by atoms with Gasteiger partial charge in [-0.15, -0.1) is 0 Å². The number of thiocarbonyl (C=S) groups is 1. The fraction of sp³-hybridized carbons (Fsp3) is 0.235. The number of hydrogen-bond donors (Lipinski definition) is 0. The number of methoxy groups -OCH3 is 1. The first-order valence-electron chi connectivity index (χ1n) is 7.10. The predicted molar refractivity (Wildman–Crippen MR) is 92.4 cm³/mol. The fourth-order valence-electron chi connectivity index (χ4n) is 1.90. The molecule has 0 radical (unpaired) electrons. The molecule has 0 heterocycles. The predicted octanol–water partition coefficient (Wildman–Crippen LogP) is 5.16. The van der Waals surface area contributed by atoms with Gasteiger partial charge in [-0.1, -0.05) is 29.8 Å². The number of rotatable bonds is 6. The topological polar surface area (TPSA) is 27.7 Å². The minimum Gasteiger partial charge on any atom is -0.488 e. The zero-order chi connectivity index (χ0) is 18.4. The third-order valence-corrected chi connectivity index (χ3v) is 3.86. The summed E-state index contributed by atoms with van der Waals surface area (Å²) in [7, 11) is 1.40. The number of halogens is 4. The average Bonchev–Trinajstić information content (AvgIpc) is 2.58.